The van der Waals surface area contributed by atoms with Gasteiger partial charge in [0.05, 0.1) is 24.5 Å². The van der Waals surface area contributed by atoms with Crippen LogP contribution in [-0.2, 0) is 21.8 Å². The second-order valence-corrected chi connectivity index (χ2v) is 8.95. The molecule has 0 amide bonds. The lowest BCUT2D eigenvalue weighted by atomic mass is 10.1. The number of aromatic nitrogens is 2. The monoisotopic (exact) mass is 543 g/mol. The van der Waals surface area contributed by atoms with E-state index in [0.29, 0.717) is 29.8 Å². The Labute approximate surface area is 222 Å². The molecule has 0 spiro atoms. The minimum absolute atomic E-state index is 0.269. The normalized spacial score (nSPS) is 18.6. The molecule has 1 saturated heterocycles. The molecule has 1 fully saturated rings. The third kappa shape index (κ3) is 6.99. The first-order chi connectivity index (χ1) is 17.8. The van der Waals surface area contributed by atoms with Gasteiger partial charge in [-0.3, -0.25) is 0 Å². The minimum atomic E-state index is -1.50. The first-order valence-corrected chi connectivity index (χ1v) is 11.9. The van der Waals surface area contributed by atoms with Gasteiger partial charge in [-0.25, -0.2) is 4.98 Å². The number of imidazole rings is 1. The summed E-state index contributed by atoms with van der Waals surface area (Å²) in [7, 11) is 0. The number of benzene rings is 3. The lowest BCUT2D eigenvalue weighted by Gasteiger charge is -2.30. The van der Waals surface area contributed by atoms with Crippen LogP contribution in [0.4, 0.5) is 0 Å². The Morgan fingerprint density at radius 2 is 1.81 bits per heavy atom. The summed E-state index contributed by atoms with van der Waals surface area (Å²) in [5.41, 5.74) is 3.03. The predicted molar refractivity (Wildman–Crippen MR) is 137 cm³/mol. The Morgan fingerprint density at radius 3 is 2.46 bits per heavy atom. The second-order valence-electron chi connectivity index (χ2n) is 8.10. The van der Waals surface area contributed by atoms with Gasteiger partial charge >= 0.3 is 0 Å². The first-order valence-electron chi connectivity index (χ1n) is 11.2. The third-order valence-corrected chi connectivity index (χ3v) is 6.10. The van der Waals surface area contributed by atoms with Crippen molar-refractivity contribution in [3.8, 4) is 16.9 Å². The highest BCUT2D eigenvalue weighted by molar-refractivity contribution is 6.35. The zero-order valence-electron chi connectivity index (χ0n) is 19.4. The Kier molecular flexibility index (Phi) is 8.62. The summed E-state index contributed by atoms with van der Waals surface area (Å²) in [5, 5.41) is 14.7. The van der Waals surface area contributed by atoms with E-state index in [0.717, 1.165) is 16.9 Å². The van der Waals surface area contributed by atoms with E-state index in [2.05, 4.69) is 17.1 Å². The fourth-order valence-electron chi connectivity index (χ4n) is 3.94. The molecule has 2 atom stereocenters. The van der Waals surface area contributed by atoms with Gasteiger partial charge in [0.1, 0.15) is 18.5 Å². The van der Waals surface area contributed by atoms with Gasteiger partial charge in [0.15, 0.2) is 0 Å². The molecule has 37 heavy (non-hydrogen) atoms. The van der Waals surface area contributed by atoms with Crippen LogP contribution in [-0.4, -0.2) is 39.2 Å². The van der Waals surface area contributed by atoms with Gasteiger partial charge in [0, 0.05) is 23.0 Å². The maximum atomic E-state index is 8.36. The maximum Gasteiger partial charge on any atom is 0.291 e. The van der Waals surface area contributed by atoms with Crippen molar-refractivity contribution in [1.29, 1.82) is 0 Å². The minimum Gasteiger partial charge on any atom is -0.491 e. The first kappa shape index (κ1) is 26.4. The fraction of sp³-hybridized carbons (Fsp3) is 0.192. The Hall–Kier alpha value is -3.63. The van der Waals surface area contributed by atoms with E-state index < -0.39 is 10.9 Å². The average molecular weight is 544 g/mol. The largest absolute Gasteiger partial charge is 0.491 e. The summed E-state index contributed by atoms with van der Waals surface area (Å²) >= 11 is 12.6. The molecule has 0 unspecified atom stereocenters. The number of rotatable bonds is 7. The van der Waals surface area contributed by atoms with Gasteiger partial charge in [0.2, 0.25) is 5.79 Å². The molecule has 1 aromatic heterocycles. The summed E-state index contributed by atoms with van der Waals surface area (Å²) in [6.07, 6.45) is 5.02. The van der Waals surface area contributed by atoms with Crippen LogP contribution in [0.25, 0.3) is 11.1 Å². The van der Waals surface area contributed by atoms with Crippen molar-refractivity contribution in [2.75, 3.05) is 13.2 Å². The highest BCUT2D eigenvalue weighted by Crippen LogP contribution is 2.40. The molecule has 192 valence electrons. The van der Waals surface area contributed by atoms with E-state index in [1.165, 1.54) is 5.56 Å². The SMILES string of the molecule is Clc1ccc([C@]2(Cn3ccnc3)OC[C@@H](COc3ccc(-c4ccccc4)cc3)O2)c(Cl)c1.O=[N+]([O-])O. The molecule has 5 rings (SSSR count). The van der Waals surface area contributed by atoms with E-state index in [4.69, 9.17) is 52.7 Å². The van der Waals surface area contributed by atoms with Crippen molar-refractivity contribution in [3.05, 3.63) is 117 Å². The molecule has 1 aliphatic rings. The highest BCUT2D eigenvalue weighted by Gasteiger charge is 2.45. The molecule has 0 aliphatic carbocycles. The van der Waals surface area contributed by atoms with Crippen molar-refractivity contribution in [1.82, 2.24) is 9.55 Å². The zero-order chi connectivity index (χ0) is 26.3. The maximum absolute atomic E-state index is 8.36. The van der Waals surface area contributed by atoms with Gasteiger partial charge in [-0.1, -0.05) is 71.7 Å². The standard InChI is InChI=1S/C26H22Cl2N2O3.HNO3/c27-21-8-11-24(25(28)14-21)26(17-30-13-12-29-18-30)32-16-23(33-26)15-31-22-9-6-20(7-10-22)19-4-2-1-3-5-19;2-1(3)4/h1-14,18,23H,15-17H2;(H,2,3,4)/t23-,26-;/m1./s1. The van der Waals surface area contributed by atoms with Crippen LogP contribution in [0, 0.1) is 10.1 Å². The van der Waals surface area contributed by atoms with E-state index in [1.54, 1.807) is 24.7 Å². The summed E-state index contributed by atoms with van der Waals surface area (Å²) in [4.78, 5) is 12.5. The summed E-state index contributed by atoms with van der Waals surface area (Å²) in [6.45, 7) is 1.12. The average Bonchev–Trinajstić information content (AvgIpc) is 3.54. The van der Waals surface area contributed by atoms with E-state index in [1.807, 2.05) is 59.3 Å². The van der Waals surface area contributed by atoms with Crippen molar-refractivity contribution in [2.45, 2.75) is 18.4 Å². The van der Waals surface area contributed by atoms with Crippen molar-refractivity contribution in [3.63, 3.8) is 0 Å². The zero-order valence-corrected chi connectivity index (χ0v) is 21.0. The van der Waals surface area contributed by atoms with Gasteiger partial charge in [0.25, 0.3) is 5.09 Å². The van der Waals surface area contributed by atoms with Gasteiger partial charge in [-0.05, 0) is 35.4 Å². The quantitative estimate of drug-likeness (QED) is 0.229. The van der Waals surface area contributed by atoms with Crippen molar-refractivity contribution in [2.24, 2.45) is 0 Å². The molecule has 9 nitrogen and oxygen atoms in total. The molecule has 11 heteroatoms. The van der Waals surface area contributed by atoms with Crippen LogP contribution in [0.3, 0.4) is 0 Å². The molecule has 3 aromatic carbocycles. The van der Waals surface area contributed by atoms with Crippen molar-refractivity contribution >= 4 is 23.2 Å². The van der Waals surface area contributed by atoms with Crippen LogP contribution in [0.15, 0.2) is 91.5 Å². The third-order valence-electron chi connectivity index (χ3n) is 5.55. The van der Waals surface area contributed by atoms with Gasteiger partial charge in [-0.15, -0.1) is 10.1 Å². The molecule has 0 saturated carbocycles. The van der Waals surface area contributed by atoms with Crippen LogP contribution < -0.4 is 4.74 Å². The fourth-order valence-corrected chi connectivity index (χ4v) is 4.49. The smallest absolute Gasteiger partial charge is 0.291 e. The second kappa shape index (κ2) is 12.1. The molecule has 1 N–H and O–H groups in total. The molecule has 0 radical (unpaired) electrons. The lowest BCUT2D eigenvalue weighted by Crippen LogP contribution is -2.34. The van der Waals surface area contributed by atoms with Crippen LogP contribution in [0.2, 0.25) is 10.0 Å². The number of hydrogen-bond donors (Lipinski definition) is 1. The molecular weight excluding hydrogens is 521 g/mol. The Balaban J connectivity index is 0.000000747. The number of nitrogens with zero attached hydrogens (tertiary/aromatic N) is 3. The van der Waals surface area contributed by atoms with Crippen LogP contribution >= 0.6 is 23.2 Å². The van der Waals surface area contributed by atoms with Gasteiger partial charge < -0.3 is 24.0 Å². The predicted octanol–water partition coefficient (Wildman–Crippen LogP) is 5.86. The Morgan fingerprint density at radius 1 is 1.11 bits per heavy atom. The summed E-state index contributed by atoms with van der Waals surface area (Å²) in [6, 6.07) is 23.6. The lowest BCUT2D eigenvalue weighted by molar-refractivity contribution is -0.742. The summed E-state index contributed by atoms with van der Waals surface area (Å²) < 4.78 is 20.6. The van der Waals surface area contributed by atoms with E-state index in [9.17, 15) is 0 Å². The van der Waals surface area contributed by atoms with E-state index in [-0.39, 0.29) is 6.10 Å². The molecule has 1 aliphatic heterocycles. The molecule has 2 heterocycles. The van der Waals surface area contributed by atoms with E-state index >= 15 is 0 Å². The van der Waals surface area contributed by atoms with Crippen LogP contribution in [0.5, 0.6) is 5.75 Å². The number of ether oxygens (including phenoxy) is 3. The summed E-state index contributed by atoms with van der Waals surface area (Å²) in [5.74, 6) is -0.289. The molecular formula is C26H23Cl2N3O6. The topological polar surface area (TPSA) is 109 Å². The molecule has 0 bridgehead atoms. The highest BCUT2D eigenvalue weighted by atomic mass is 35.5. The number of hydrogen-bond acceptors (Lipinski definition) is 6. The number of halogens is 2. The molecule has 4 aromatic rings. The van der Waals surface area contributed by atoms with Crippen molar-refractivity contribution < 1.29 is 24.5 Å². The Bertz CT molecular complexity index is 1300. The van der Waals surface area contributed by atoms with Gasteiger partial charge in [-0.2, -0.15) is 0 Å². The van der Waals surface area contributed by atoms with Crippen LogP contribution in [0.1, 0.15) is 5.56 Å².